The summed E-state index contributed by atoms with van der Waals surface area (Å²) in [5.41, 5.74) is 1.76. The highest BCUT2D eigenvalue weighted by molar-refractivity contribution is 5.79. The summed E-state index contributed by atoms with van der Waals surface area (Å²) in [7, 11) is 0. The first-order chi connectivity index (χ1) is 14.9. The lowest BCUT2D eigenvalue weighted by Gasteiger charge is -2.17. The van der Waals surface area contributed by atoms with Gasteiger partial charge in [-0.15, -0.1) is 5.10 Å². The van der Waals surface area contributed by atoms with Gasteiger partial charge in [0.1, 0.15) is 29.1 Å². The molecule has 1 fully saturated rings. The fourth-order valence-electron chi connectivity index (χ4n) is 3.62. The highest BCUT2D eigenvalue weighted by Gasteiger charge is 2.29. The standard InChI is InChI=1S/C21H24N8O2/c1-12(2)31-20-17(9-28(27-20)14(4)6-22)25-21-24-8-15-5-16(7-23)29(19(15)26-21)18-11-30-10-13(18)3/h5,8-9,12-14,18H,10-11H2,1-4H3,(H,24,25,26)/t13-,14-,18+/m1/s1. The van der Waals surface area contributed by atoms with Gasteiger partial charge in [0.25, 0.3) is 5.88 Å². The van der Waals surface area contributed by atoms with Crippen LogP contribution in [0.1, 0.15) is 45.5 Å². The van der Waals surface area contributed by atoms with E-state index in [1.165, 1.54) is 4.68 Å². The lowest BCUT2D eigenvalue weighted by molar-refractivity contribution is 0.182. The highest BCUT2D eigenvalue weighted by atomic mass is 16.5. The van der Waals surface area contributed by atoms with Crippen LogP contribution in [0.5, 0.6) is 5.88 Å². The molecule has 4 heterocycles. The third kappa shape index (κ3) is 3.90. The maximum absolute atomic E-state index is 9.64. The predicted molar refractivity (Wildman–Crippen MR) is 113 cm³/mol. The van der Waals surface area contributed by atoms with E-state index in [9.17, 15) is 10.5 Å². The Morgan fingerprint density at radius 3 is 2.74 bits per heavy atom. The highest BCUT2D eigenvalue weighted by Crippen LogP contribution is 2.32. The van der Waals surface area contributed by atoms with Crippen molar-refractivity contribution in [3.63, 3.8) is 0 Å². The van der Waals surface area contributed by atoms with Crippen molar-refractivity contribution < 1.29 is 9.47 Å². The van der Waals surface area contributed by atoms with Crippen molar-refractivity contribution in [1.82, 2.24) is 24.3 Å². The molecule has 10 heteroatoms. The minimum Gasteiger partial charge on any atom is -0.472 e. The molecule has 0 bridgehead atoms. The summed E-state index contributed by atoms with van der Waals surface area (Å²) in [6, 6.07) is 5.80. The van der Waals surface area contributed by atoms with Gasteiger partial charge in [-0.3, -0.25) is 0 Å². The topological polar surface area (TPSA) is 127 Å². The summed E-state index contributed by atoms with van der Waals surface area (Å²) in [5, 5.41) is 27.2. The first kappa shape index (κ1) is 20.6. The average Bonchev–Trinajstić information content (AvgIpc) is 3.43. The Labute approximate surface area is 180 Å². The Bertz CT molecular complexity index is 1180. The van der Waals surface area contributed by atoms with Gasteiger partial charge in [-0.2, -0.15) is 15.5 Å². The summed E-state index contributed by atoms with van der Waals surface area (Å²) < 4.78 is 14.9. The Morgan fingerprint density at radius 2 is 2.10 bits per heavy atom. The van der Waals surface area contributed by atoms with Crippen LogP contribution in [0.3, 0.4) is 0 Å². The molecule has 3 aromatic heterocycles. The van der Waals surface area contributed by atoms with E-state index in [1.807, 2.05) is 18.4 Å². The van der Waals surface area contributed by atoms with E-state index in [1.54, 1.807) is 25.4 Å². The first-order valence-electron chi connectivity index (χ1n) is 10.2. The number of ether oxygens (including phenoxy) is 2. The van der Waals surface area contributed by atoms with Crippen molar-refractivity contribution in [1.29, 1.82) is 10.5 Å². The van der Waals surface area contributed by atoms with E-state index in [4.69, 9.17) is 9.47 Å². The fraction of sp³-hybridized carbons (Fsp3) is 0.476. The number of rotatable bonds is 6. The van der Waals surface area contributed by atoms with E-state index < -0.39 is 6.04 Å². The first-order valence-corrected chi connectivity index (χ1v) is 10.2. The molecule has 3 atom stereocenters. The third-order valence-electron chi connectivity index (χ3n) is 5.22. The molecular weight excluding hydrogens is 396 g/mol. The maximum atomic E-state index is 9.64. The third-order valence-corrected chi connectivity index (χ3v) is 5.22. The van der Waals surface area contributed by atoms with E-state index in [0.29, 0.717) is 42.1 Å². The molecule has 10 nitrogen and oxygen atoms in total. The zero-order chi connectivity index (χ0) is 22.1. The van der Waals surface area contributed by atoms with Gasteiger partial charge in [-0.05, 0) is 26.8 Å². The van der Waals surface area contributed by atoms with Crippen LogP contribution >= 0.6 is 0 Å². The summed E-state index contributed by atoms with van der Waals surface area (Å²) in [4.78, 5) is 9.09. The Balaban J connectivity index is 1.74. The molecule has 0 spiro atoms. The number of hydrogen-bond donors (Lipinski definition) is 1. The molecule has 0 aromatic carbocycles. The quantitative estimate of drug-likeness (QED) is 0.643. The number of nitrogens with zero attached hydrogens (tertiary/aromatic N) is 7. The van der Waals surface area contributed by atoms with Gasteiger partial charge in [-0.25, -0.2) is 9.67 Å². The van der Waals surface area contributed by atoms with Crippen molar-refractivity contribution in [2.24, 2.45) is 5.92 Å². The van der Waals surface area contributed by atoms with Crippen LogP contribution in [-0.2, 0) is 4.74 Å². The second-order valence-electron chi connectivity index (χ2n) is 7.99. The van der Waals surface area contributed by atoms with Crippen molar-refractivity contribution >= 4 is 22.7 Å². The monoisotopic (exact) mass is 420 g/mol. The molecule has 0 amide bonds. The van der Waals surface area contributed by atoms with Crippen LogP contribution in [-0.4, -0.2) is 43.6 Å². The van der Waals surface area contributed by atoms with Crippen molar-refractivity contribution in [3.05, 3.63) is 24.2 Å². The number of nitrogens with one attached hydrogen (secondary N) is 1. The van der Waals surface area contributed by atoms with Crippen molar-refractivity contribution in [3.8, 4) is 18.0 Å². The zero-order valence-electron chi connectivity index (χ0n) is 17.9. The van der Waals surface area contributed by atoms with Crippen LogP contribution in [0, 0.1) is 28.6 Å². The van der Waals surface area contributed by atoms with Crippen LogP contribution < -0.4 is 10.1 Å². The summed E-state index contributed by atoms with van der Waals surface area (Å²) in [6.07, 6.45) is 3.29. The molecule has 1 saturated heterocycles. The van der Waals surface area contributed by atoms with E-state index in [0.717, 1.165) is 5.39 Å². The normalized spacial score (nSPS) is 19.3. The number of aromatic nitrogens is 5. The molecule has 0 saturated carbocycles. The maximum Gasteiger partial charge on any atom is 0.257 e. The van der Waals surface area contributed by atoms with Crippen molar-refractivity contribution in [2.45, 2.75) is 45.9 Å². The molecule has 4 rings (SSSR count). The molecule has 1 N–H and O–H groups in total. The molecule has 3 aromatic rings. The van der Waals surface area contributed by atoms with Crippen LogP contribution in [0.4, 0.5) is 11.6 Å². The minimum absolute atomic E-state index is 0.0361. The van der Waals surface area contributed by atoms with Gasteiger partial charge >= 0.3 is 0 Å². The smallest absolute Gasteiger partial charge is 0.257 e. The lowest BCUT2D eigenvalue weighted by Crippen LogP contribution is -2.17. The van der Waals surface area contributed by atoms with Crippen molar-refractivity contribution in [2.75, 3.05) is 18.5 Å². The van der Waals surface area contributed by atoms with Crippen LogP contribution in [0.2, 0.25) is 0 Å². The average molecular weight is 420 g/mol. The Hall–Kier alpha value is -3.63. The lowest BCUT2D eigenvalue weighted by atomic mass is 10.1. The summed E-state index contributed by atoms with van der Waals surface area (Å²) in [6.45, 7) is 8.85. The Morgan fingerprint density at radius 1 is 1.29 bits per heavy atom. The number of nitriles is 2. The predicted octanol–water partition coefficient (Wildman–Crippen LogP) is 3.32. The molecule has 1 aliphatic rings. The molecule has 31 heavy (non-hydrogen) atoms. The summed E-state index contributed by atoms with van der Waals surface area (Å²) >= 11 is 0. The largest absolute Gasteiger partial charge is 0.472 e. The molecule has 0 unspecified atom stereocenters. The molecule has 1 aliphatic heterocycles. The molecular formula is C21H24N8O2. The zero-order valence-corrected chi connectivity index (χ0v) is 17.9. The second-order valence-corrected chi connectivity index (χ2v) is 7.99. The summed E-state index contributed by atoms with van der Waals surface area (Å²) in [5.74, 6) is 0.984. The van der Waals surface area contributed by atoms with Gasteiger partial charge in [0.2, 0.25) is 5.95 Å². The van der Waals surface area contributed by atoms with E-state index in [-0.39, 0.29) is 18.1 Å². The van der Waals surface area contributed by atoms with Gasteiger partial charge in [-0.1, -0.05) is 6.92 Å². The number of fused-ring (bicyclic) bond motifs is 1. The number of anilines is 2. The van der Waals surface area contributed by atoms with Crippen LogP contribution in [0.15, 0.2) is 18.5 Å². The van der Waals surface area contributed by atoms with Gasteiger partial charge in [0, 0.05) is 17.5 Å². The van der Waals surface area contributed by atoms with Crippen LogP contribution in [0.25, 0.3) is 11.0 Å². The van der Waals surface area contributed by atoms with Gasteiger partial charge < -0.3 is 19.4 Å². The minimum atomic E-state index is -0.451. The Kier molecular flexibility index (Phi) is 5.49. The second kappa shape index (κ2) is 8.25. The van der Waals surface area contributed by atoms with E-state index >= 15 is 0 Å². The SMILES string of the molecule is CC(C)Oc1nn([C@H](C)C#N)cc1Nc1ncc2cc(C#N)n([C@H]3COC[C@H]3C)c2n1. The molecule has 0 radical (unpaired) electrons. The molecule has 160 valence electrons. The number of hydrogen-bond acceptors (Lipinski definition) is 8. The van der Waals surface area contributed by atoms with E-state index in [2.05, 4.69) is 39.4 Å². The fourth-order valence-corrected chi connectivity index (χ4v) is 3.62. The van der Waals surface area contributed by atoms with Gasteiger partial charge in [0.15, 0.2) is 0 Å². The van der Waals surface area contributed by atoms with Gasteiger partial charge in [0.05, 0.1) is 37.6 Å². The molecule has 0 aliphatic carbocycles.